The molecule has 1 unspecified atom stereocenters. The first-order chi connectivity index (χ1) is 9.34. The molecule has 0 spiro atoms. The van der Waals surface area contributed by atoms with E-state index in [9.17, 15) is 0 Å². The predicted octanol–water partition coefficient (Wildman–Crippen LogP) is 4.87. The quantitative estimate of drug-likeness (QED) is 0.786. The maximum atomic E-state index is 3.83. The van der Waals surface area contributed by atoms with Gasteiger partial charge in [-0.3, -0.25) is 0 Å². The lowest BCUT2D eigenvalue weighted by atomic mass is 9.98. The van der Waals surface area contributed by atoms with Crippen molar-refractivity contribution in [1.29, 1.82) is 0 Å². The Morgan fingerprint density at radius 1 is 1.16 bits per heavy atom. The highest BCUT2D eigenvalue weighted by atomic mass is 32.1. The van der Waals surface area contributed by atoms with Gasteiger partial charge in [-0.15, -0.1) is 11.3 Å². The van der Waals surface area contributed by atoms with Crippen molar-refractivity contribution in [2.24, 2.45) is 0 Å². The minimum Gasteiger partial charge on any atom is -0.303 e. The van der Waals surface area contributed by atoms with Crippen LogP contribution in [0.4, 0.5) is 0 Å². The van der Waals surface area contributed by atoms with Crippen molar-refractivity contribution in [3.05, 3.63) is 57.8 Å². The van der Waals surface area contributed by atoms with Crippen LogP contribution in [0.5, 0.6) is 0 Å². The third kappa shape index (κ3) is 2.90. The van der Waals surface area contributed by atoms with Gasteiger partial charge in [0.05, 0.1) is 0 Å². The van der Waals surface area contributed by atoms with Gasteiger partial charge in [-0.05, 0) is 48.8 Å². The van der Waals surface area contributed by atoms with Crippen LogP contribution in [-0.4, -0.2) is 0 Å². The Labute approximate surface area is 119 Å². The Morgan fingerprint density at radius 3 is 2.89 bits per heavy atom. The van der Waals surface area contributed by atoms with Crippen LogP contribution in [0.1, 0.15) is 54.3 Å². The number of nitrogens with one attached hydrogen (secondary N) is 1. The molecule has 1 aromatic carbocycles. The average Bonchev–Trinajstić information content (AvgIpc) is 2.90. The number of fused-ring (bicyclic) bond motifs is 1. The van der Waals surface area contributed by atoms with Crippen LogP contribution in [0.3, 0.4) is 0 Å². The molecule has 0 aliphatic heterocycles. The SMILES string of the molecule is C[C@@H](NC1CCCCc2ccccc21)c1cccs1. The third-order valence-electron chi connectivity index (χ3n) is 4.04. The Hall–Kier alpha value is -1.12. The van der Waals surface area contributed by atoms with Crippen molar-refractivity contribution in [2.75, 3.05) is 0 Å². The lowest BCUT2D eigenvalue weighted by Crippen LogP contribution is -2.24. The summed E-state index contributed by atoms with van der Waals surface area (Å²) in [4.78, 5) is 1.43. The first-order valence-corrected chi connectivity index (χ1v) is 8.10. The number of benzene rings is 1. The molecule has 100 valence electrons. The van der Waals surface area contributed by atoms with Gasteiger partial charge in [-0.25, -0.2) is 0 Å². The number of hydrogen-bond acceptors (Lipinski definition) is 2. The van der Waals surface area contributed by atoms with E-state index in [-0.39, 0.29) is 0 Å². The smallest absolute Gasteiger partial charge is 0.0391 e. The van der Waals surface area contributed by atoms with Crippen LogP contribution in [0.15, 0.2) is 41.8 Å². The van der Waals surface area contributed by atoms with E-state index in [2.05, 4.69) is 54.0 Å². The first kappa shape index (κ1) is 12.9. The monoisotopic (exact) mass is 271 g/mol. The molecule has 2 aromatic rings. The van der Waals surface area contributed by atoms with E-state index in [1.165, 1.54) is 41.7 Å². The normalized spacial score (nSPS) is 20.6. The van der Waals surface area contributed by atoms with Crippen LogP contribution in [0.25, 0.3) is 0 Å². The molecule has 2 atom stereocenters. The van der Waals surface area contributed by atoms with Crippen LogP contribution in [0.2, 0.25) is 0 Å². The predicted molar refractivity (Wildman–Crippen MR) is 82.6 cm³/mol. The largest absolute Gasteiger partial charge is 0.303 e. The summed E-state index contributed by atoms with van der Waals surface area (Å²) in [6.45, 7) is 2.28. The number of rotatable bonds is 3. The fraction of sp³-hybridized carbons (Fsp3) is 0.412. The number of thiophene rings is 1. The lowest BCUT2D eigenvalue weighted by molar-refractivity contribution is 0.441. The molecule has 0 bridgehead atoms. The van der Waals surface area contributed by atoms with Gasteiger partial charge < -0.3 is 5.32 Å². The van der Waals surface area contributed by atoms with Crippen LogP contribution in [0, 0.1) is 0 Å². The van der Waals surface area contributed by atoms with E-state index < -0.39 is 0 Å². The van der Waals surface area contributed by atoms with Gasteiger partial charge in [0.25, 0.3) is 0 Å². The highest BCUT2D eigenvalue weighted by molar-refractivity contribution is 7.10. The molecule has 0 saturated heterocycles. The highest BCUT2D eigenvalue weighted by Crippen LogP contribution is 2.31. The first-order valence-electron chi connectivity index (χ1n) is 7.22. The van der Waals surface area contributed by atoms with Crippen LogP contribution < -0.4 is 5.32 Å². The molecular formula is C17H21NS. The molecule has 0 radical (unpaired) electrons. The zero-order valence-corrected chi connectivity index (χ0v) is 12.2. The molecule has 1 nitrogen and oxygen atoms in total. The fourth-order valence-electron chi connectivity index (χ4n) is 3.02. The molecule has 19 heavy (non-hydrogen) atoms. The summed E-state index contributed by atoms with van der Waals surface area (Å²) in [5.41, 5.74) is 3.05. The van der Waals surface area contributed by atoms with Crippen molar-refractivity contribution >= 4 is 11.3 Å². The van der Waals surface area contributed by atoms with Crippen molar-refractivity contribution in [3.8, 4) is 0 Å². The van der Waals surface area contributed by atoms with Crippen molar-refractivity contribution in [2.45, 2.75) is 44.7 Å². The molecule has 0 saturated carbocycles. The zero-order valence-electron chi connectivity index (χ0n) is 11.4. The molecule has 1 N–H and O–H groups in total. The van der Waals surface area contributed by atoms with E-state index in [0.717, 1.165) is 0 Å². The topological polar surface area (TPSA) is 12.0 Å². The summed E-state index contributed by atoms with van der Waals surface area (Å²) in [7, 11) is 0. The maximum absolute atomic E-state index is 3.83. The third-order valence-corrected chi connectivity index (χ3v) is 5.10. The van der Waals surface area contributed by atoms with E-state index in [1.54, 1.807) is 0 Å². The molecule has 1 aliphatic carbocycles. The van der Waals surface area contributed by atoms with Gasteiger partial charge in [-0.2, -0.15) is 0 Å². The molecule has 1 heterocycles. The van der Waals surface area contributed by atoms with Gasteiger partial charge in [0.2, 0.25) is 0 Å². The molecule has 1 aromatic heterocycles. The lowest BCUT2D eigenvalue weighted by Gasteiger charge is -2.23. The molecule has 3 rings (SSSR count). The highest BCUT2D eigenvalue weighted by Gasteiger charge is 2.20. The minimum absolute atomic E-state index is 0.441. The number of hydrogen-bond donors (Lipinski definition) is 1. The van der Waals surface area contributed by atoms with E-state index >= 15 is 0 Å². The summed E-state index contributed by atoms with van der Waals surface area (Å²) in [6, 6.07) is 14.3. The van der Waals surface area contributed by atoms with Crippen molar-refractivity contribution in [3.63, 3.8) is 0 Å². The average molecular weight is 271 g/mol. The fourth-order valence-corrected chi connectivity index (χ4v) is 3.76. The number of aryl methyl sites for hydroxylation is 1. The summed E-state index contributed by atoms with van der Waals surface area (Å²) >= 11 is 1.84. The summed E-state index contributed by atoms with van der Waals surface area (Å²) in [5, 5.41) is 5.99. The Bertz CT molecular complexity index is 518. The van der Waals surface area contributed by atoms with E-state index in [1.807, 2.05) is 11.3 Å². The van der Waals surface area contributed by atoms with E-state index in [0.29, 0.717) is 12.1 Å². The Kier molecular flexibility index (Phi) is 4.00. The second-order valence-corrected chi connectivity index (χ2v) is 6.38. The zero-order chi connectivity index (χ0) is 13.1. The van der Waals surface area contributed by atoms with Crippen LogP contribution in [-0.2, 0) is 6.42 Å². The molecule has 0 amide bonds. The van der Waals surface area contributed by atoms with Gasteiger partial charge in [0.15, 0.2) is 0 Å². The Balaban J connectivity index is 1.80. The molecule has 0 fully saturated rings. The standard InChI is InChI=1S/C17H21NS/c1-13(17-11-6-12-19-17)18-16-10-5-3-8-14-7-2-4-9-15(14)16/h2,4,6-7,9,11-13,16,18H,3,5,8,10H2,1H3/t13-,16?/m1/s1. The van der Waals surface area contributed by atoms with Crippen molar-refractivity contribution in [1.82, 2.24) is 5.32 Å². The minimum atomic E-state index is 0.441. The summed E-state index contributed by atoms with van der Waals surface area (Å²) in [6.07, 6.45) is 5.14. The van der Waals surface area contributed by atoms with Gasteiger partial charge in [0, 0.05) is 17.0 Å². The van der Waals surface area contributed by atoms with Crippen molar-refractivity contribution < 1.29 is 0 Å². The maximum Gasteiger partial charge on any atom is 0.0391 e. The Morgan fingerprint density at radius 2 is 2.05 bits per heavy atom. The summed E-state index contributed by atoms with van der Waals surface area (Å²) in [5.74, 6) is 0. The van der Waals surface area contributed by atoms with E-state index in [4.69, 9.17) is 0 Å². The second-order valence-electron chi connectivity index (χ2n) is 5.40. The molecule has 2 heteroatoms. The van der Waals surface area contributed by atoms with Gasteiger partial charge in [0.1, 0.15) is 0 Å². The molecular weight excluding hydrogens is 250 g/mol. The second kappa shape index (κ2) is 5.89. The van der Waals surface area contributed by atoms with Gasteiger partial charge in [-0.1, -0.05) is 36.8 Å². The van der Waals surface area contributed by atoms with Gasteiger partial charge >= 0.3 is 0 Å². The summed E-state index contributed by atoms with van der Waals surface area (Å²) < 4.78 is 0. The van der Waals surface area contributed by atoms with Crippen LogP contribution >= 0.6 is 11.3 Å². The molecule has 1 aliphatic rings.